The number of anilines is 1. The van der Waals surface area contributed by atoms with Crippen molar-refractivity contribution in [2.24, 2.45) is 0 Å². The number of sulfonamides is 1. The van der Waals surface area contributed by atoms with Crippen LogP contribution in [0.2, 0.25) is 0 Å². The van der Waals surface area contributed by atoms with Gasteiger partial charge >= 0.3 is 0 Å². The van der Waals surface area contributed by atoms with Gasteiger partial charge in [0.25, 0.3) is 10.0 Å². The van der Waals surface area contributed by atoms with Crippen molar-refractivity contribution in [2.75, 3.05) is 4.72 Å². The van der Waals surface area contributed by atoms with Gasteiger partial charge in [-0.25, -0.2) is 21.6 Å². The van der Waals surface area contributed by atoms with Gasteiger partial charge in [-0.2, -0.15) is 4.39 Å². The van der Waals surface area contributed by atoms with Crippen molar-refractivity contribution in [2.45, 2.75) is 50.0 Å². The molecule has 0 aromatic heterocycles. The largest absolute Gasteiger partial charge is 0.486 e. The molecule has 1 aliphatic rings. The van der Waals surface area contributed by atoms with Crippen LogP contribution in [-0.4, -0.2) is 14.5 Å². The van der Waals surface area contributed by atoms with Crippen LogP contribution >= 0.6 is 0 Å². The molecule has 3 rings (SSSR count). The Balaban J connectivity index is 2.03. The van der Waals surface area contributed by atoms with Crippen molar-refractivity contribution in [3.8, 4) is 5.75 Å². The third kappa shape index (κ3) is 3.94. The zero-order chi connectivity index (χ0) is 20.9. The van der Waals surface area contributed by atoms with E-state index in [0.29, 0.717) is 12.8 Å². The summed E-state index contributed by atoms with van der Waals surface area (Å²) in [5.41, 5.74) is 0.783. The highest BCUT2D eigenvalue weighted by molar-refractivity contribution is 7.92. The van der Waals surface area contributed by atoms with Gasteiger partial charge in [-0.3, -0.25) is 4.72 Å². The molecule has 0 heterocycles. The molecule has 0 saturated heterocycles. The van der Waals surface area contributed by atoms with E-state index in [0.717, 1.165) is 5.56 Å². The summed E-state index contributed by atoms with van der Waals surface area (Å²) < 4.78 is 88.2. The fourth-order valence-corrected chi connectivity index (χ4v) is 3.79. The zero-order valence-corrected chi connectivity index (χ0v) is 16.3. The summed E-state index contributed by atoms with van der Waals surface area (Å²) >= 11 is 0. The molecular weight excluding hydrogens is 398 g/mol. The molecule has 0 spiro atoms. The lowest BCUT2D eigenvalue weighted by Crippen LogP contribution is -2.20. The van der Waals surface area contributed by atoms with Crippen LogP contribution in [0.3, 0.4) is 0 Å². The first-order valence-corrected chi connectivity index (χ1v) is 10.1. The molecule has 0 aliphatic heterocycles. The average molecular weight is 417 g/mol. The molecule has 2 aromatic rings. The van der Waals surface area contributed by atoms with E-state index >= 15 is 0 Å². The number of nitrogens with one attached hydrogen (secondary N) is 1. The maximum atomic E-state index is 14.3. The quantitative estimate of drug-likeness (QED) is 0.429. The highest BCUT2D eigenvalue weighted by Crippen LogP contribution is 2.38. The lowest BCUT2D eigenvalue weighted by molar-refractivity contribution is 0.262. The van der Waals surface area contributed by atoms with Crippen LogP contribution in [0.15, 0.2) is 29.2 Å². The molecule has 9 heteroatoms. The highest BCUT2D eigenvalue weighted by atomic mass is 32.2. The summed E-state index contributed by atoms with van der Waals surface area (Å²) in [5.74, 6) is -9.41. The van der Waals surface area contributed by atoms with Crippen LogP contribution in [0, 0.1) is 23.3 Å². The highest BCUT2D eigenvalue weighted by Gasteiger charge is 2.37. The second-order valence-corrected chi connectivity index (χ2v) is 9.28. The van der Waals surface area contributed by atoms with Gasteiger partial charge in [-0.1, -0.05) is 32.9 Å². The van der Waals surface area contributed by atoms with E-state index in [-0.39, 0.29) is 11.1 Å². The Morgan fingerprint density at radius 3 is 1.96 bits per heavy atom. The summed E-state index contributed by atoms with van der Waals surface area (Å²) in [6, 6.07) is 6.21. The minimum atomic E-state index is -4.80. The molecule has 0 bridgehead atoms. The SMILES string of the molecule is CC(C)(C)c1ccc(NS(=O)(=O)c2c(F)c(F)c(F)c(F)c2OC2CC2)cc1. The van der Waals surface area contributed by atoms with E-state index in [1.165, 1.54) is 12.1 Å². The second kappa shape index (κ2) is 6.95. The summed E-state index contributed by atoms with van der Waals surface area (Å²) in [6.45, 7) is 5.90. The number of hydrogen-bond donors (Lipinski definition) is 1. The molecule has 1 saturated carbocycles. The fourth-order valence-electron chi connectivity index (χ4n) is 2.53. The zero-order valence-electron chi connectivity index (χ0n) is 15.4. The van der Waals surface area contributed by atoms with Crippen molar-refractivity contribution in [3.63, 3.8) is 0 Å². The van der Waals surface area contributed by atoms with Gasteiger partial charge < -0.3 is 4.74 Å². The van der Waals surface area contributed by atoms with Gasteiger partial charge in [0.1, 0.15) is 0 Å². The Hall–Kier alpha value is -2.29. The van der Waals surface area contributed by atoms with Crippen LogP contribution in [0.1, 0.15) is 39.2 Å². The van der Waals surface area contributed by atoms with Gasteiger partial charge in [0.2, 0.25) is 11.6 Å². The summed E-state index contributed by atoms with van der Waals surface area (Å²) in [5, 5.41) is 0. The van der Waals surface area contributed by atoms with E-state index in [2.05, 4.69) is 4.72 Å². The van der Waals surface area contributed by atoms with Crippen LogP contribution in [-0.2, 0) is 15.4 Å². The minimum absolute atomic E-state index is 0.0508. The van der Waals surface area contributed by atoms with Crippen LogP contribution < -0.4 is 9.46 Å². The molecule has 4 nitrogen and oxygen atoms in total. The molecule has 2 aromatic carbocycles. The van der Waals surface area contributed by atoms with Crippen molar-refractivity contribution in [3.05, 3.63) is 53.1 Å². The summed E-state index contributed by atoms with van der Waals surface area (Å²) in [7, 11) is -4.80. The first-order valence-electron chi connectivity index (χ1n) is 8.58. The molecular formula is C19H19F4NO3S. The van der Waals surface area contributed by atoms with Crippen molar-refractivity contribution in [1.29, 1.82) is 0 Å². The van der Waals surface area contributed by atoms with Crippen LogP contribution in [0.4, 0.5) is 23.2 Å². The number of rotatable bonds is 5. The standard InChI is InChI=1S/C19H19F4NO3S/c1-19(2,3)10-4-6-11(7-5-10)24-28(25,26)18-16(23)14(21)13(20)15(22)17(18)27-12-8-9-12/h4-7,12,24H,8-9H2,1-3H3. The predicted molar refractivity (Wildman–Crippen MR) is 95.9 cm³/mol. The number of benzene rings is 2. The predicted octanol–water partition coefficient (Wildman–Crippen LogP) is 4.88. The fraction of sp³-hybridized carbons (Fsp3) is 0.368. The third-order valence-corrected chi connectivity index (χ3v) is 5.67. The van der Waals surface area contributed by atoms with Crippen molar-refractivity contribution < 1.29 is 30.7 Å². The smallest absolute Gasteiger partial charge is 0.268 e. The lowest BCUT2D eigenvalue weighted by atomic mass is 9.87. The minimum Gasteiger partial charge on any atom is -0.486 e. The number of halogens is 4. The Morgan fingerprint density at radius 1 is 0.929 bits per heavy atom. The van der Waals surface area contributed by atoms with Crippen molar-refractivity contribution >= 4 is 15.7 Å². The first kappa shape index (κ1) is 20.4. The van der Waals surface area contributed by atoms with Gasteiger partial charge in [0.05, 0.1) is 6.10 Å². The maximum Gasteiger partial charge on any atom is 0.268 e. The maximum absolute atomic E-state index is 14.3. The van der Waals surface area contributed by atoms with Crippen LogP contribution in [0.25, 0.3) is 0 Å². The Labute approximate surface area is 160 Å². The monoisotopic (exact) mass is 417 g/mol. The van der Waals surface area contributed by atoms with Crippen LogP contribution in [0.5, 0.6) is 5.75 Å². The third-order valence-electron chi connectivity index (χ3n) is 4.26. The van der Waals surface area contributed by atoms with Gasteiger partial charge in [0, 0.05) is 5.69 Å². The van der Waals surface area contributed by atoms with Gasteiger partial charge in [-0.05, 0) is 36.0 Å². The molecule has 1 N–H and O–H groups in total. The van der Waals surface area contributed by atoms with Gasteiger partial charge in [0.15, 0.2) is 22.3 Å². The molecule has 0 atom stereocenters. The molecule has 28 heavy (non-hydrogen) atoms. The average Bonchev–Trinajstić information content (AvgIpc) is 3.41. The molecule has 0 unspecified atom stereocenters. The Kier molecular flexibility index (Phi) is 5.07. The summed E-state index contributed by atoms with van der Waals surface area (Å²) in [4.78, 5) is -1.39. The normalized spacial score (nSPS) is 14.8. The lowest BCUT2D eigenvalue weighted by Gasteiger charge is -2.19. The first-order chi connectivity index (χ1) is 12.9. The molecule has 0 amide bonds. The van der Waals surface area contributed by atoms with E-state index in [1.807, 2.05) is 20.8 Å². The van der Waals surface area contributed by atoms with Gasteiger partial charge in [-0.15, -0.1) is 0 Å². The van der Waals surface area contributed by atoms with E-state index in [1.54, 1.807) is 12.1 Å². The van der Waals surface area contributed by atoms with E-state index in [4.69, 9.17) is 4.74 Å². The number of hydrogen-bond acceptors (Lipinski definition) is 3. The van der Waals surface area contributed by atoms with E-state index in [9.17, 15) is 26.0 Å². The summed E-state index contributed by atoms with van der Waals surface area (Å²) in [6.07, 6.45) is 0.376. The Morgan fingerprint density at radius 2 is 1.46 bits per heavy atom. The molecule has 0 radical (unpaired) electrons. The second-order valence-electron chi connectivity index (χ2n) is 7.66. The Bertz CT molecular complexity index is 1010. The van der Waals surface area contributed by atoms with E-state index < -0.39 is 50.0 Å². The topological polar surface area (TPSA) is 55.4 Å². The van der Waals surface area contributed by atoms with Crippen molar-refractivity contribution in [1.82, 2.24) is 0 Å². The molecule has 1 aliphatic carbocycles. The molecule has 1 fully saturated rings. The number of ether oxygens (including phenoxy) is 1. The molecule has 152 valence electrons.